The molecule has 0 saturated carbocycles. The summed E-state index contributed by atoms with van der Waals surface area (Å²) < 4.78 is 16.9. The third-order valence-electron chi connectivity index (χ3n) is 5.95. The molecule has 2 aliphatic heterocycles. The molecule has 0 N–H and O–H groups in total. The van der Waals surface area contributed by atoms with Gasteiger partial charge in [-0.1, -0.05) is 15.9 Å². The Hall–Kier alpha value is -1.98. The molecule has 9 nitrogen and oxygen atoms in total. The van der Waals surface area contributed by atoms with Crippen LogP contribution in [0.2, 0.25) is 0 Å². The lowest BCUT2D eigenvalue weighted by Crippen LogP contribution is -2.55. The van der Waals surface area contributed by atoms with E-state index in [2.05, 4.69) is 15.9 Å². The van der Waals surface area contributed by atoms with Crippen LogP contribution in [0.4, 0.5) is 4.79 Å². The molecule has 0 aliphatic carbocycles. The smallest absolute Gasteiger partial charge is 0.434 e. The first kappa shape index (κ1) is 25.6. The maximum absolute atomic E-state index is 13.9. The normalized spacial score (nSPS) is 18.4. The molecule has 10 heteroatoms. The first-order valence-corrected chi connectivity index (χ1v) is 11.7. The van der Waals surface area contributed by atoms with Gasteiger partial charge in [-0.2, -0.15) is 5.06 Å². The number of methoxy groups -OCH3 is 1. The van der Waals surface area contributed by atoms with Gasteiger partial charge in [0.15, 0.2) is 5.76 Å². The van der Waals surface area contributed by atoms with Crippen LogP contribution in [0, 0.1) is 13.8 Å². The number of carbonyl (C=O) groups excluding carboxylic acids is 2. The van der Waals surface area contributed by atoms with Gasteiger partial charge in [0.1, 0.15) is 5.54 Å². The Kier molecular flexibility index (Phi) is 8.52. The zero-order valence-corrected chi connectivity index (χ0v) is 21.3. The van der Waals surface area contributed by atoms with Crippen molar-refractivity contribution in [3.63, 3.8) is 0 Å². The highest BCUT2D eigenvalue weighted by molar-refractivity contribution is 9.10. The van der Waals surface area contributed by atoms with Gasteiger partial charge in [-0.15, -0.1) is 0 Å². The van der Waals surface area contributed by atoms with Crippen LogP contribution in [-0.2, 0) is 28.7 Å². The number of rotatable bonds is 8. The van der Waals surface area contributed by atoms with Crippen molar-refractivity contribution >= 4 is 33.6 Å². The predicted molar refractivity (Wildman–Crippen MR) is 124 cm³/mol. The van der Waals surface area contributed by atoms with Gasteiger partial charge in [-0.25, -0.2) is 9.86 Å². The molecule has 33 heavy (non-hydrogen) atoms. The van der Waals surface area contributed by atoms with Gasteiger partial charge in [0, 0.05) is 24.7 Å². The lowest BCUT2D eigenvalue weighted by Gasteiger charge is -2.43. The second-order valence-electron chi connectivity index (χ2n) is 7.97. The summed E-state index contributed by atoms with van der Waals surface area (Å²) in [6.45, 7) is 7.23. The fraction of sp³-hybridized carbons (Fsp3) is 0.565. The van der Waals surface area contributed by atoms with Crippen LogP contribution in [0.1, 0.15) is 36.5 Å². The van der Waals surface area contributed by atoms with E-state index in [0.29, 0.717) is 43.7 Å². The number of hydrogen-bond acceptors (Lipinski definition) is 8. The minimum absolute atomic E-state index is 0.157. The number of hydroxylamine groups is 4. The van der Waals surface area contributed by atoms with Crippen LogP contribution in [0.3, 0.4) is 0 Å². The molecule has 1 amide bonds. The van der Waals surface area contributed by atoms with Gasteiger partial charge < -0.3 is 19.0 Å². The second kappa shape index (κ2) is 11.0. The second-order valence-corrected chi connectivity index (χ2v) is 8.89. The summed E-state index contributed by atoms with van der Waals surface area (Å²) in [6.07, 6.45) is 0.0521. The molecule has 2 aliphatic rings. The number of carbonyl (C=O) groups is 2. The molecule has 1 aromatic carbocycles. The predicted octanol–water partition coefficient (Wildman–Crippen LogP) is 3.77. The topological polar surface area (TPSA) is 86.8 Å². The van der Waals surface area contributed by atoms with Crippen LogP contribution in [0.5, 0.6) is 0 Å². The van der Waals surface area contributed by atoms with Crippen LogP contribution in [0.15, 0.2) is 22.4 Å². The number of benzene rings is 1. The molecular weight excluding hydrogens is 496 g/mol. The molecule has 0 aromatic heterocycles. The summed E-state index contributed by atoms with van der Waals surface area (Å²) in [6, 6.07) is 3.86. The Bertz CT molecular complexity index is 902. The number of hydrogen-bond donors (Lipinski definition) is 0. The highest BCUT2D eigenvalue weighted by atomic mass is 79.9. The van der Waals surface area contributed by atoms with Crippen molar-refractivity contribution in [1.29, 1.82) is 0 Å². The molecule has 2 heterocycles. The van der Waals surface area contributed by atoms with Crippen molar-refractivity contribution in [2.45, 2.75) is 39.2 Å². The number of nitrogens with zero attached hydrogens (tertiary/aromatic N) is 2. The molecular formula is C23H31BrN2O7. The highest BCUT2D eigenvalue weighted by Crippen LogP contribution is 2.48. The van der Waals surface area contributed by atoms with Gasteiger partial charge >= 0.3 is 6.16 Å². The minimum Gasteiger partial charge on any atom is -0.434 e. The fourth-order valence-corrected chi connectivity index (χ4v) is 5.17. The summed E-state index contributed by atoms with van der Waals surface area (Å²) in [5.41, 5.74) is 1.80. The van der Waals surface area contributed by atoms with Crippen LogP contribution < -0.4 is 0 Å². The average molecular weight is 527 g/mol. The van der Waals surface area contributed by atoms with Crippen molar-refractivity contribution in [2.75, 3.05) is 47.1 Å². The van der Waals surface area contributed by atoms with E-state index in [4.69, 9.17) is 23.9 Å². The van der Waals surface area contributed by atoms with E-state index < -0.39 is 11.7 Å². The zero-order valence-electron chi connectivity index (χ0n) is 19.7. The molecule has 0 radical (unpaired) electrons. The number of piperidine rings is 1. The third kappa shape index (κ3) is 5.09. The summed E-state index contributed by atoms with van der Waals surface area (Å²) in [5, 5.41) is 3.17. The van der Waals surface area contributed by atoms with Crippen LogP contribution in [-0.4, -0.2) is 74.9 Å². The van der Waals surface area contributed by atoms with E-state index in [1.165, 1.54) is 5.06 Å². The standard InChI is InChI=1S/C23H31BrN2O7/c1-6-31-22(28)33-20-19(18-15(2)13-17(24)14-16(18)3)21(27)26(32-12-11-29-4)23(20)7-9-25(30-5)10-8-23/h13-14H,6-12H2,1-5H3. The van der Waals surface area contributed by atoms with Crippen molar-refractivity contribution in [3.8, 4) is 0 Å². The average Bonchev–Trinajstić information content (AvgIpc) is 2.97. The van der Waals surface area contributed by atoms with Crippen LogP contribution >= 0.6 is 15.9 Å². The fourth-order valence-electron chi connectivity index (χ4n) is 4.48. The Morgan fingerprint density at radius 3 is 2.30 bits per heavy atom. The highest BCUT2D eigenvalue weighted by Gasteiger charge is 2.57. The summed E-state index contributed by atoms with van der Waals surface area (Å²) >= 11 is 3.51. The van der Waals surface area contributed by atoms with Gasteiger partial charge in [-0.05, 0) is 62.4 Å². The lowest BCUT2D eigenvalue weighted by molar-refractivity contribution is -0.235. The van der Waals surface area contributed by atoms with Gasteiger partial charge in [0.05, 0.1) is 32.5 Å². The van der Waals surface area contributed by atoms with E-state index in [9.17, 15) is 9.59 Å². The van der Waals surface area contributed by atoms with E-state index in [0.717, 1.165) is 15.6 Å². The van der Waals surface area contributed by atoms with Crippen LogP contribution in [0.25, 0.3) is 5.57 Å². The molecule has 0 atom stereocenters. The number of halogens is 1. The Morgan fingerprint density at radius 1 is 1.12 bits per heavy atom. The summed E-state index contributed by atoms with van der Waals surface area (Å²) in [7, 11) is 3.17. The molecule has 1 spiro atoms. The Balaban J connectivity index is 2.18. The number of amides is 1. The molecule has 3 rings (SSSR count). The Labute approximate surface area is 202 Å². The molecule has 0 bridgehead atoms. The zero-order chi connectivity index (χ0) is 24.2. The van der Waals surface area contributed by atoms with Crippen molar-refractivity contribution in [1.82, 2.24) is 10.1 Å². The quantitative estimate of drug-likeness (QED) is 0.373. The minimum atomic E-state index is -0.978. The van der Waals surface area contributed by atoms with Crippen molar-refractivity contribution < 1.29 is 33.5 Å². The van der Waals surface area contributed by atoms with E-state index in [1.807, 2.05) is 26.0 Å². The summed E-state index contributed by atoms with van der Waals surface area (Å²) in [5.74, 6) is -0.0996. The molecule has 1 saturated heterocycles. The molecule has 1 fully saturated rings. The van der Waals surface area contributed by atoms with E-state index >= 15 is 0 Å². The Morgan fingerprint density at radius 2 is 1.76 bits per heavy atom. The maximum atomic E-state index is 13.9. The van der Waals surface area contributed by atoms with Gasteiger partial charge in [-0.3, -0.25) is 9.63 Å². The largest absolute Gasteiger partial charge is 0.513 e. The van der Waals surface area contributed by atoms with Gasteiger partial charge in [0.2, 0.25) is 0 Å². The van der Waals surface area contributed by atoms with Gasteiger partial charge in [0.25, 0.3) is 5.91 Å². The molecule has 0 unspecified atom stereocenters. The number of aryl methyl sites for hydroxylation is 2. The van der Waals surface area contributed by atoms with E-state index in [-0.39, 0.29) is 24.9 Å². The van der Waals surface area contributed by atoms with Crippen molar-refractivity contribution in [3.05, 3.63) is 39.1 Å². The van der Waals surface area contributed by atoms with Crippen molar-refractivity contribution in [2.24, 2.45) is 0 Å². The molecule has 182 valence electrons. The first-order valence-electron chi connectivity index (χ1n) is 10.9. The molecule has 1 aromatic rings. The summed E-state index contributed by atoms with van der Waals surface area (Å²) in [4.78, 5) is 37.7. The monoisotopic (exact) mass is 526 g/mol. The first-order chi connectivity index (χ1) is 15.8. The number of ether oxygens (including phenoxy) is 3. The lowest BCUT2D eigenvalue weighted by atomic mass is 9.85. The third-order valence-corrected chi connectivity index (χ3v) is 6.41. The SMILES string of the molecule is CCOC(=O)OC1=C(c2c(C)cc(Br)cc2C)C(=O)N(OCCOC)C12CCN(OC)CC2. The van der Waals surface area contributed by atoms with E-state index in [1.54, 1.807) is 26.2 Å². The maximum Gasteiger partial charge on any atom is 0.513 e.